The van der Waals surface area contributed by atoms with Crippen molar-refractivity contribution in [3.05, 3.63) is 22.8 Å². The summed E-state index contributed by atoms with van der Waals surface area (Å²) in [7, 11) is 0. The van der Waals surface area contributed by atoms with Gasteiger partial charge in [-0.3, -0.25) is 0 Å². The van der Waals surface area contributed by atoms with E-state index in [0.717, 1.165) is 30.5 Å². The van der Waals surface area contributed by atoms with Gasteiger partial charge in [-0.2, -0.15) is 0 Å². The Balaban J connectivity index is 2.01. The van der Waals surface area contributed by atoms with Gasteiger partial charge in [-0.15, -0.1) is 0 Å². The average Bonchev–Trinajstić information content (AvgIpc) is 2.41. The van der Waals surface area contributed by atoms with Crippen LogP contribution in [0.2, 0.25) is 5.02 Å². The molecular formula is C14H22ClN3. The lowest BCUT2D eigenvalue weighted by molar-refractivity contribution is 0.377. The molecule has 18 heavy (non-hydrogen) atoms. The van der Waals surface area contributed by atoms with Gasteiger partial charge in [-0.25, -0.2) is 4.98 Å². The number of anilines is 1. The van der Waals surface area contributed by atoms with Crippen molar-refractivity contribution in [1.29, 1.82) is 0 Å². The third-order valence-corrected chi connectivity index (χ3v) is 4.08. The Morgan fingerprint density at radius 3 is 2.72 bits per heavy atom. The quantitative estimate of drug-likeness (QED) is 0.911. The summed E-state index contributed by atoms with van der Waals surface area (Å²) in [6.45, 7) is 4.87. The fraction of sp³-hybridized carbons (Fsp3) is 0.643. The summed E-state index contributed by atoms with van der Waals surface area (Å²) in [4.78, 5) is 6.90. The van der Waals surface area contributed by atoms with E-state index in [-0.39, 0.29) is 0 Å². The molecule has 1 aliphatic rings. The largest absolute Gasteiger partial charge is 0.357 e. The molecule has 0 radical (unpaired) electrons. The molecule has 1 fully saturated rings. The van der Waals surface area contributed by atoms with Crippen LogP contribution in [0.25, 0.3) is 0 Å². The minimum absolute atomic E-state index is 0.402. The van der Waals surface area contributed by atoms with Crippen LogP contribution >= 0.6 is 11.6 Å². The van der Waals surface area contributed by atoms with Crippen molar-refractivity contribution in [1.82, 2.24) is 4.98 Å². The first-order chi connectivity index (χ1) is 8.74. The number of piperidine rings is 1. The zero-order valence-corrected chi connectivity index (χ0v) is 11.8. The van der Waals surface area contributed by atoms with Crippen molar-refractivity contribution in [2.75, 3.05) is 18.0 Å². The number of aromatic nitrogens is 1. The Morgan fingerprint density at radius 2 is 2.11 bits per heavy atom. The molecule has 0 amide bonds. The van der Waals surface area contributed by atoms with E-state index in [0.29, 0.717) is 11.6 Å². The molecule has 1 aromatic heterocycles. The van der Waals surface area contributed by atoms with Gasteiger partial charge in [0.2, 0.25) is 0 Å². The minimum atomic E-state index is 0.402. The Labute approximate surface area is 114 Å². The molecule has 100 valence electrons. The van der Waals surface area contributed by atoms with Gasteiger partial charge >= 0.3 is 0 Å². The van der Waals surface area contributed by atoms with Crippen LogP contribution in [0.1, 0.15) is 38.3 Å². The molecule has 0 atom stereocenters. The van der Waals surface area contributed by atoms with Crippen LogP contribution in [0.5, 0.6) is 0 Å². The fourth-order valence-electron chi connectivity index (χ4n) is 2.65. The molecular weight excluding hydrogens is 246 g/mol. The van der Waals surface area contributed by atoms with Gasteiger partial charge in [-0.05, 0) is 30.9 Å². The predicted octanol–water partition coefficient (Wildman–Crippen LogP) is 3.21. The van der Waals surface area contributed by atoms with E-state index in [2.05, 4.69) is 16.8 Å². The highest BCUT2D eigenvalue weighted by Crippen LogP contribution is 2.26. The maximum Gasteiger partial charge on any atom is 0.128 e. The molecule has 0 spiro atoms. The standard InChI is InChI=1S/C14H22ClN3/c1-2-3-11-6-8-18(9-7-11)14-5-4-12(15)13(10-16)17-14/h4-5,11H,2-3,6-10,16H2,1H3. The van der Waals surface area contributed by atoms with Gasteiger partial charge in [-0.1, -0.05) is 31.4 Å². The smallest absolute Gasteiger partial charge is 0.128 e. The molecule has 0 aromatic carbocycles. The van der Waals surface area contributed by atoms with Crippen LogP contribution in [-0.2, 0) is 6.54 Å². The van der Waals surface area contributed by atoms with Crippen molar-refractivity contribution >= 4 is 17.4 Å². The Hall–Kier alpha value is -0.800. The van der Waals surface area contributed by atoms with Crippen molar-refractivity contribution in [2.24, 2.45) is 11.7 Å². The lowest BCUT2D eigenvalue weighted by Gasteiger charge is -2.33. The summed E-state index contributed by atoms with van der Waals surface area (Å²) in [5.74, 6) is 1.92. The number of rotatable bonds is 4. The van der Waals surface area contributed by atoms with E-state index in [4.69, 9.17) is 17.3 Å². The summed E-state index contributed by atoms with van der Waals surface area (Å²) < 4.78 is 0. The van der Waals surface area contributed by atoms with E-state index < -0.39 is 0 Å². The van der Waals surface area contributed by atoms with Crippen LogP contribution in [0.4, 0.5) is 5.82 Å². The first kappa shape index (κ1) is 13.6. The van der Waals surface area contributed by atoms with E-state index in [1.165, 1.54) is 25.7 Å². The Bertz CT molecular complexity index is 387. The first-order valence-electron chi connectivity index (χ1n) is 6.85. The van der Waals surface area contributed by atoms with Crippen LogP contribution in [0, 0.1) is 5.92 Å². The Kier molecular flexibility index (Phi) is 4.84. The fourth-order valence-corrected chi connectivity index (χ4v) is 2.83. The average molecular weight is 268 g/mol. The molecule has 2 rings (SSSR count). The Morgan fingerprint density at radius 1 is 1.39 bits per heavy atom. The van der Waals surface area contributed by atoms with Gasteiger partial charge < -0.3 is 10.6 Å². The topological polar surface area (TPSA) is 42.1 Å². The van der Waals surface area contributed by atoms with Crippen molar-refractivity contribution in [2.45, 2.75) is 39.2 Å². The summed E-state index contributed by atoms with van der Waals surface area (Å²) >= 11 is 6.04. The van der Waals surface area contributed by atoms with Crippen LogP contribution < -0.4 is 10.6 Å². The number of nitrogens with zero attached hydrogens (tertiary/aromatic N) is 2. The van der Waals surface area contributed by atoms with E-state index in [1.54, 1.807) is 0 Å². The normalized spacial score (nSPS) is 17.2. The molecule has 0 unspecified atom stereocenters. The summed E-state index contributed by atoms with van der Waals surface area (Å²) in [5.41, 5.74) is 6.44. The molecule has 1 aliphatic heterocycles. The molecule has 1 aromatic rings. The first-order valence-corrected chi connectivity index (χ1v) is 7.22. The number of nitrogens with two attached hydrogens (primary N) is 1. The molecule has 0 aliphatic carbocycles. The lowest BCUT2D eigenvalue weighted by atomic mass is 9.92. The van der Waals surface area contributed by atoms with Crippen LogP contribution in [-0.4, -0.2) is 18.1 Å². The third kappa shape index (κ3) is 3.15. The second-order valence-electron chi connectivity index (χ2n) is 5.02. The minimum Gasteiger partial charge on any atom is -0.357 e. The third-order valence-electron chi connectivity index (χ3n) is 3.73. The predicted molar refractivity (Wildman–Crippen MR) is 77.0 cm³/mol. The SMILES string of the molecule is CCCC1CCN(c2ccc(Cl)c(CN)n2)CC1. The van der Waals surface area contributed by atoms with E-state index >= 15 is 0 Å². The number of pyridine rings is 1. The molecule has 0 bridgehead atoms. The van der Waals surface area contributed by atoms with E-state index in [9.17, 15) is 0 Å². The molecule has 2 N–H and O–H groups in total. The summed E-state index contributed by atoms with van der Waals surface area (Å²) in [6, 6.07) is 3.91. The zero-order chi connectivity index (χ0) is 13.0. The van der Waals surface area contributed by atoms with Gasteiger partial charge in [0.05, 0.1) is 10.7 Å². The maximum absolute atomic E-state index is 6.04. The highest BCUT2D eigenvalue weighted by atomic mass is 35.5. The highest BCUT2D eigenvalue weighted by Gasteiger charge is 2.19. The van der Waals surface area contributed by atoms with Crippen molar-refractivity contribution in [3.63, 3.8) is 0 Å². The van der Waals surface area contributed by atoms with Crippen molar-refractivity contribution < 1.29 is 0 Å². The van der Waals surface area contributed by atoms with Gasteiger partial charge in [0.1, 0.15) is 5.82 Å². The second-order valence-corrected chi connectivity index (χ2v) is 5.43. The molecule has 1 saturated heterocycles. The lowest BCUT2D eigenvalue weighted by Crippen LogP contribution is -2.34. The zero-order valence-electron chi connectivity index (χ0n) is 11.0. The van der Waals surface area contributed by atoms with Crippen LogP contribution in [0.3, 0.4) is 0 Å². The van der Waals surface area contributed by atoms with E-state index in [1.807, 2.05) is 12.1 Å². The number of hydrogen-bond donors (Lipinski definition) is 1. The van der Waals surface area contributed by atoms with Gasteiger partial charge in [0, 0.05) is 19.6 Å². The van der Waals surface area contributed by atoms with Crippen molar-refractivity contribution in [3.8, 4) is 0 Å². The number of hydrogen-bond acceptors (Lipinski definition) is 3. The van der Waals surface area contributed by atoms with Gasteiger partial charge in [0.25, 0.3) is 0 Å². The highest BCUT2D eigenvalue weighted by molar-refractivity contribution is 6.31. The molecule has 4 heteroatoms. The summed E-state index contributed by atoms with van der Waals surface area (Å²) in [5, 5.41) is 0.669. The maximum atomic E-state index is 6.04. The summed E-state index contributed by atoms with van der Waals surface area (Å²) in [6.07, 6.45) is 5.20. The second kappa shape index (κ2) is 6.39. The molecule has 2 heterocycles. The van der Waals surface area contributed by atoms with Crippen LogP contribution in [0.15, 0.2) is 12.1 Å². The number of halogens is 1. The molecule has 0 saturated carbocycles. The van der Waals surface area contributed by atoms with Gasteiger partial charge in [0.15, 0.2) is 0 Å². The molecule has 3 nitrogen and oxygen atoms in total. The monoisotopic (exact) mass is 267 g/mol.